The van der Waals surface area contributed by atoms with Gasteiger partial charge in [-0.1, -0.05) is 0 Å². The summed E-state index contributed by atoms with van der Waals surface area (Å²) in [5, 5.41) is 21.4. The van der Waals surface area contributed by atoms with Crippen molar-refractivity contribution in [1.29, 1.82) is 0 Å². The van der Waals surface area contributed by atoms with Gasteiger partial charge in [0.1, 0.15) is 0 Å². The van der Waals surface area contributed by atoms with E-state index in [0.29, 0.717) is 0 Å². The van der Waals surface area contributed by atoms with Crippen molar-refractivity contribution < 1.29 is 131 Å². The Kier molecular flexibility index (Phi) is 39.0. The minimum absolute atomic E-state index is 0. The monoisotopic (exact) mass is 202 g/mol. The number of hydrogen-bond donors (Lipinski definition) is 3. The Morgan fingerprint density at radius 1 is 1.10 bits per heavy atom. The van der Waals surface area contributed by atoms with Crippen LogP contribution < -0.4 is 103 Å². The smallest absolute Gasteiger partial charge is 1.00 e. The first kappa shape index (κ1) is 22.7. The van der Waals surface area contributed by atoms with E-state index in [1.165, 1.54) is 0 Å². The van der Waals surface area contributed by atoms with E-state index in [0.717, 1.165) is 6.92 Å². The number of aliphatic carboxylic acids is 1. The van der Waals surface area contributed by atoms with Crippen molar-refractivity contribution >= 4 is 12.1 Å². The Morgan fingerprint density at radius 3 is 1.10 bits per heavy atom. The molecule has 5 nitrogen and oxygen atoms in total. The zero-order valence-corrected chi connectivity index (χ0v) is 12.4. The fourth-order valence-corrected chi connectivity index (χ4v) is 0. The van der Waals surface area contributed by atoms with Crippen LogP contribution in [0, 0.1) is 0 Å². The summed E-state index contributed by atoms with van der Waals surface area (Å²) in [6.07, 6.45) is -1.83. The topological polar surface area (TPSA) is 94.8 Å². The third-order valence-corrected chi connectivity index (χ3v) is 0. The van der Waals surface area contributed by atoms with E-state index in [1.807, 2.05) is 0 Å². The third kappa shape index (κ3) is 201. The molecule has 0 rings (SSSR count). The van der Waals surface area contributed by atoms with E-state index in [-0.39, 0.29) is 106 Å². The van der Waals surface area contributed by atoms with Crippen LogP contribution in [0.2, 0.25) is 0 Å². The van der Waals surface area contributed by atoms with Crippen molar-refractivity contribution in [3.8, 4) is 0 Å². The average molecular weight is 202 g/mol. The molecule has 0 unspecified atom stereocenters. The van der Waals surface area contributed by atoms with Crippen molar-refractivity contribution in [1.82, 2.24) is 0 Å². The van der Waals surface area contributed by atoms with Gasteiger partial charge >= 0.3 is 109 Å². The third-order valence-electron chi connectivity index (χ3n) is 0. The molecule has 0 saturated carbocycles. The molecule has 0 spiro atoms. The largest absolute Gasteiger partial charge is 1.00 e. The molecule has 0 aliphatic carbocycles. The standard InChI is InChI=1S/C2H4O2.CH2O3.2K.2H/c1-2(3)4;2-1(3)4;;;;/h1H3,(H,3,4);(H2,2,3,4);;;;/q;;2*+1;2*-1. The van der Waals surface area contributed by atoms with Gasteiger partial charge in [-0.15, -0.1) is 0 Å². The molecule has 0 aliphatic rings. The maximum Gasteiger partial charge on any atom is 1.00 e. The molecule has 10 heavy (non-hydrogen) atoms. The summed E-state index contributed by atoms with van der Waals surface area (Å²) in [6.45, 7) is 1.08. The van der Waals surface area contributed by atoms with E-state index in [1.54, 1.807) is 0 Å². The van der Waals surface area contributed by atoms with E-state index in [4.69, 9.17) is 24.9 Å². The summed E-state index contributed by atoms with van der Waals surface area (Å²) in [5.74, 6) is -0.833. The molecule has 0 aliphatic heterocycles. The van der Waals surface area contributed by atoms with Gasteiger partial charge in [-0.05, 0) is 0 Å². The van der Waals surface area contributed by atoms with Crippen LogP contribution in [0.4, 0.5) is 4.79 Å². The minimum Gasteiger partial charge on any atom is -1.00 e. The van der Waals surface area contributed by atoms with Gasteiger partial charge in [0.15, 0.2) is 0 Å². The van der Waals surface area contributed by atoms with Crippen LogP contribution >= 0.6 is 0 Å². The summed E-state index contributed by atoms with van der Waals surface area (Å²) in [5.41, 5.74) is 0. The van der Waals surface area contributed by atoms with Gasteiger partial charge in [0.2, 0.25) is 0 Å². The van der Waals surface area contributed by atoms with Crippen LogP contribution in [0.25, 0.3) is 0 Å². The summed E-state index contributed by atoms with van der Waals surface area (Å²) < 4.78 is 0. The summed E-state index contributed by atoms with van der Waals surface area (Å²) in [7, 11) is 0. The zero-order chi connectivity index (χ0) is 7.15. The molecular formula is C3H8K2O5. The van der Waals surface area contributed by atoms with Gasteiger partial charge in [0.25, 0.3) is 5.97 Å². The molecule has 0 heterocycles. The molecule has 0 aromatic heterocycles. The zero-order valence-electron chi connectivity index (χ0n) is 8.16. The quantitative estimate of drug-likeness (QED) is 0.341. The van der Waals surface area contributed by atoms with Gasteiger partial charge < -0.3 is 18.2 Å². The average Bonchev–Trinajstić information content (AvgIpc) is 1.25. The number of rotatable bonds is 0. The van der Waals surface area contributed by atoms with Crippen LogP contribution in [0.5, 0.6) is 0 Å². The van der Waals surface area contributed by atoms with Gasteiger partial charge in [0.05, 0.1) is 0 Å². The van der Waals surface area contributed by atoms with Crippen LogP contribution in [-0.2, 0) is 4.79 Å². The molecule has 0 fully saturated rings. The molecule has 0 bridgehead atoms. The summed E-state index contributed by atoms with van der Waals surface area (Å²) in [4.78, 5) is 17.6. The van der Waals surface area contributed by atoms with Gasteiger partial charge in [0, 0.05) is 6.92 Å². The number of carbonyl (C=O) groups is 2. The molecule has 0 radical (unpaired) electrons. The van der Waals surface area contributed by atoms with E-state index < -0.39 is 12.1 Å². The molecular weight excluding hydrogens is 194 g/mol. The second-order valence-electron chi connectivity index (χ2n) is 0.802. The second kappa shape index (κ2) is 17.2. The van der Waals surface area contributed by atoms with Crippen LogP contribution in [0.1, 0.15) is 9.78 Å². The number of carboxylic acids is 1. The fraction of sp³-hybridized carbons (Fsp3) is 0.333. The number of carboxylic acid groups (broad SMARTS) is 3. The number of hydrogen-bond acceptors (Lipinski definition) is 2. The Morgan fingerprint density at radius 2 is 1.10 bits per heavy atom. The Balaban J connectivity index is -0.0000000112. The molecule has 0 amide bonds. The fourth-order valence-electron chi connectivity index (χ4n) is 0. The first-order valence-corrected chi connectivity index (χ1v) is 1.58. The minimum atomic E-state index is -1.83. The molecule has 0 atom stereocenters. The second-order valence-corrected chi connectivity index (χ2v) is 0.802. The summed E-state index contributed by atoms with van der Waals surface area (Å²) >= 11 is 0. The van der Waals surface area contributed by atoms with E-state index in [9.17, 15) is 0 Å². The van der Waals surface area contributed by atoms with Crippen molar-refractivity contribution in [3.63, 3.8) is 0 Å². The van der Waals surface area contributed by atoms with Gasteiger partial charge in [-0.3, -0.25) is 4.79 Å². The van der Waals surface area contributed by atoms with Crippen molar-refractivity contribution in [3.05, 3.63) is 0 Å². The van der Waals surface area contributed by atoms with Crippen LogP contribution in [-0.4, -0.2) is 27.4 Å². The SMILES string of the molecule is CC(=O)O.O=C(O)O.[H-].[H-].[K+].[K+]. The van der Waals surface area contributed by atoms with Crippen molar-refractivity contribution in [2.45, 2.75) is 6.92 Å². The molecule has 0 aromatic rings. The van der Waals surface area contributed by atoms with Gasteiger partial charge in [-0.2, -0.15) is 0 Å². The van der Waals surface area contributed by atoms with Crippen molar-refractivity contribution in [2.24, 2.45) is 0 Å². The molecule has 7 heteroatoms. The van der Waals surface area contributed by atoms with Crippen molar-refractivity contribution in [2.75, 3.05) is 0 Å². The Hall–Kier alpha value is 2.01. The normalized spacial score (nSPS) is 4.90. The maximum absolute atomic E-state index is 9.00. The Bertz CT molecular complexity index is 80.7. The molecule has 0 saturated heterocycles. The Labute approximate surface area is 146 Å². The van der Waals surface area contributed by atoms with Crippen LogP contribution in [0.15, 0.2) is 0 Å². The van der Waals surface area contributed by atoms with Crippen LogP contribution in [0.3, 0.4) is 0 Å². The molecule has 3 N–H and O–H groups in total. The molecule has 52 valence electrons. The molecule has 0 aromatic carbocycles. The first-order valence-electron chi connectivity index (χ1n) is 1.58. The predicted octanol–water partition coefficient (Wildman–Crippen LogP) is -5.45. The van der Waals surface area contributed by atoms with E-state index >= 15 is 0 Å². The van der Waals surface area contributed by atoms with Gasteiger partial charge in [-0.25, -0.2) is 4.79 Å². The maximum atomic E-state index is 9.00. The van der Waals surface area contributed by atoms with E-state index in [2.05, 4.69) is 0 Å². The summed E-state index contributed by atoms with van der Waals surface area (Å²) in [6, 6.07) is 0. The first-order chi connectivity index (χ1) is 3.46. The predicted molar refractivity (Wildman–Crippen MR) is 26.2 cm³/mol.